The molecule has 106 valence electrons. The highest BCUT2D eigenvalue weighted by molar-refractivity contribution is 5.51. The summed E-state index contributed by atoms with van der Waals surface area (Å²) in [7, 11) is 0. The van der Waals surface area contributed by atoms with E-state index in [1.165, 1.54) is 18.4 Å². The Bertz CT molecular complexity index is 445. The molecule has 0 heterocycles. The molecule has 0 atom stereocenters. The van der Waals surface area contributed by atoms with E-state index in [0.717, 1.165) is 30.4 Å². The smallest absolute Gasteiger partial charge is 0.122 e. The number of aromatic hydroxyl groups is 1. The van der Waals surface area contributed by atoms with E-state index < -0.39 is 0 Å². The van der Waals surface area contributed by atoms with Crippen LogP contribution in [0.4, 0.5) is 0 Å². The number of nitrogens with two attached hydrogens (primary N) is 1. The minimum atomic E-state index is 0.00880. The first kappa shape index (κ1) is 14.4. The minimum Gasteiger partial charge on any atom is -0.507 e. The number of phenols is 1. The van der Waals surface area contributed by atoms with Crippen LogP contribution < -0.4 is 5.73 Å². The Kier molecular flexibility index (Phi) is 4.19. The Balaban J connectivity index is 2.64. The fraction of sp³-hybridized carbons (Fsp3) is 0.647. The molecule has 0 unspecified atom stereocenters. The lowest BCUT2D eigenvalue weighted by Crippen LogP contribution is -2.33. The maximum Gasteiger partial charge on any atom is 0.122 e. The van der Waals surface area contributed by atoms with Gasteiger partial charge >= 0.3 is 0 Å². The van der Waals surface area contributed by atoms with E-state index in [4.69, 9.17) is 5.73 Å². The van der Waals surface area contributed by atoms with Crippen LogP contribution in [0, 0.1) is 0 Å². The normalized spacial score (nSPS) is 18.2. The molecule has 1 aromatic rings. The van der Waals surface area contributed by atoms with Gasteiger partial charge < -0.3 is 10.8 Å². The predicted octanol–water partition coefficient (Wildman–Crippen LogP) is 3.85. The van der Waals surface area contributed by atoms with Crippen LogP contribution in [0.25, 0.3) is 0 Å². The second-order valence-corrected chi connectivity index (χ2v) is 6.24. The summed E-state index contributed by atoms with van der Waals surface area (Å²) in [5.41, 5.74) is 9.62. The van der Waals surface area contributed by atoms with Gasteiger partial charge in [0.1, 0.15) is 5.75 Å². The molecule has 0 spiro atoms. The van der Waals surface area contributed by atoms with Crippen LogP contribution in [0.5, 0.6) is 5.75 Å². The van der Waals surface area contributed by atoms with E-state index in [1.54, 1.807) is 0 Å². The first-order chi connectivity index (χ1) is 9.05. The van der Waals surface area contributed by atoms with Crippen molar-refractivity contribution in [3.8, 4) is 5.75 Å². The van der Waals surface area contributed by atoms with Crippen molar-refractivity contribution in [3.05, 3.63) is 28.8 Å². The number of phenolic OH excluding ortho intramolecular Hbond substituents is 1. The zero-order valence-corrected chi connectivity index (χ0v) is 12.5. The minimum absolute atomic E-state index is 0.00880. The highest BCUT2D eigenvalue weighted by Crippen LogP contribution is 2.47. The summed E-state index contributed by atoms with van der Waals surface area (Å²) in [5.74, 6) is 0.942. The van der Waals surface area contributed by atoms with Crippen molar-refractivity contribution in [2.75, 3.05) is 6.54 Å². The Morgan fingerprint density at radius 3 is 2.37 bits per heavy atom. The summed E-state index contributed by atoms with van der Waals surface area (Å²) in [5, 5.41) is 10.7. The van der Waals surface area contributed by atoms with Gasteiger partial charge in [0.25, 0.3) is 0 Å². The number of rotatable bonds is 4. The molecule has 2 rings (SSSR count). The molecule has 0 radical (unpaired) electrons. The van der Waals surface area contributed by atoms with Gasteiger partial charge in [0.05, 0.1) is 0 Å². The third-order valence-electron chi connectivity index (χ3n) is 4.78. The second-order valence-electron chi connectivity index (χ2n) is 6.24. The van der Waals surface area contributed by atoms with Crippen LogP contribution in [0.2, 0.25) is 0 Å². The summed E-state index contributed by atoms with van der Waals surface area (Å²) >= 11 is 0. The number of hydrogen-bond acceptors (Lipinski definition) is 2. The third-order valence-corrected chi connectivity index (χ3v) is 4.78. The maximum absolute atomic E-state index is 10.7. The Morgan fingerprint density at radius 1 is 1.26 bits per heavy atom. The standard InChI is InChI=1S/C17H27NO/c1-4-13-7-8-14(12(2)3)15(16(13)19)17(11-18)9-5-6-10-17/h7-8,12,19H,4-6,9-11,18H2,1-3H3. The molecule has 1 aliphatic carbocycles. The lowest BCUT2D eigenvalue weighted by molar-refractivity contribution is 0.397. The van der Waals surface area contributed by atoms with Crippen LogP contribution in [-0.4, -0.2) is 11.7 Å². The first-order valence-corrected chi connectivity index (χ1v) is 7.61. The van der Waals surface area contributed by atoms with Gasteiger partial charge in [0, 0.05) is 17.5 Å². The molecule has 2 heteroatoms. The summed E-state index contributed by atoms with van der Waals surface area (Å²) in [6.45, 7) is 7.14. The van der Waals surface area contributed by atoms with E-state index in [1.807, 2.05) is 0 Å². The SMILES string of the molecule is CCc1ccc(C(C)C)c(C2(CN)CCCC2)c1O. The Morgan fingerprint density at radius 2 is 1.89 bits per heavy atom. The Hall–Kier alpha value is -1.02. The average molecular weight is 261 g/mol. The van der Waals surface area contributed by atoms with Crippen LogP contribution >= 0.6 is 0 Å². The average Bonchev–Trinajstić information content (AvgIpc) is 2.87. The summed E-state index contributed by atoms with van der Waals surface area (Å²) in [4.78, 5) is 0. The molecule has 0 bridgehead atoms. The monoisotopic (exact) mass is 261 g/mol. The largest absolute Gasteiger partial charge is 0.507 e. The van der Waals surface area contributed by atoms with Crippen LogP contribution in [0.1, 0.15) is 69.1 Å². The van der Waals surface area contributed by atoms with Crippen molar-refractivity contribution >= 4 is 0 Å². The van der Waals surface area contributed by atoms with Crippen molar-refractivity contribution in [1.82, 2.24) is 0 Å². The highest BCUT2D eigenvalue weighted by Gasteiger charge is 2.38. The van der Waals surface area contributed by atoms with Gasteiger partial charge in [-0.2, -0.15) is 0 Å². The molecule has 0 amide bonds. The molecule has 1 saturated carbocycles. The molecular weight excluding hydrogens is 234 g/mol. The number of hydrogen-bond donors (Lipinski definition) is 2. The zero-order chi connectivity index (χ0) is 14.0. The van der Waals surface area contributed by atoms with Crippen molar-refractivity contribution in [2.24, 2.45) is 5.73 Å². The fourth-order valence-corrected chi connectivity index (χ4v) is 3.58. The molecule has 19 heavy (non-hydrogen) atoms. The summed E-state index contributed by atoms with van der Waals surface area (Å²) in [6, 6.07) is 4.28. The van der Waals surface area contributed by atoms with Gasteiger partial charge in [-0.3, -0.25) is 0 Å². The van der Waals surface area contributed by atoms with Crippen LogP contribution in [-0.2, 0) is 11.8 Å². The second kappa shape index (κ2) is 5.54. The lowest BCUT2D eigenvalue weighted by atomic mass is 9.73. The number of benzene rings is 1. The van der Waals surface area contributed by atoms with E-state index in [-0.39, 0.29) is 5.41 Å². The topological polar surface area (TPSA) is 46.2 Å². The predicted molar refractivity (Wildman–Crippen MR) is 80.8 cm³/mol. The van der Waals surface area contributed by atoms with E-state index in [2.05, 4.69) is 32.9 Å². The van der Waals surface area contributed by atoms with Gasteiger partial charge in [0.15, 0.2) is 0 Å². The molecular formula is C17H27NO. The van der Waals surface area contributed by atoms with Gasteiger partial charge in [-0.05, 0) is 36.3 Å². The van der Waals surface area contributed by atoms with Crippen molar-refractivity contribution in [1.29, 1.82) is 0 Å². The van der Waals surface area contributed by atoms with Gasteiger partial charge in [-0.15, -0.1) is 0 Å². The molecule has 1 aromatic carbocycles. The van der Waals surface area contributed by atoms with Gasteiger partial charge in [0.2, 0.25) is 0 Å². The summed E-state index contributed by atoms with van der Waals surface area (Å²) in [6.07, 6.45) is 5.56. The highest BCUT2D eigenvalue weighted by atomic mass is 16.3. The van der Waals surface area contributed by atoms with Gasteiger partial charge in [-0.25, -0.2) is 0 Å². The molecule has 3 N–H and O–H groups in total. The van der Waals surface area contributed by atoms with Crippen molar-refractivity contribution in [2.45, 2.75) is 64.2 Å². The molecule has 1 aliphatic rings. The fourth-order valence-electron chi connectivity index (χ4n) is 3.58. The van der Waals surface area contributed by atoms with E-state index in [9.17, 15) is 5.11 Å². The zero-order valence-electron chi connectivity index (χ0n) is 12.5. The first-order valence-electron chi connectivity index (χ1n) is 7.61. The molecule has 1 fully saturated rings. The molecule has 0 saturated heterocycles. The van der Waals surface area contributed by atoms with Gasteiger partial charge in [-0.1, -0.05) is 45.7 Å². The summed E-state index contributed by atoms with van der Waals surface area (Å²) < 4.78 is 0. The van der Waals surface area contributed by atoms with E-state index >= 15 is 0 Å². The van der Waals surface area contributed by atoms with Crippen molar-refractivity contribution in [3.63, 3.8) is 0 Å². The van der Waals surface area contributed by atoms with Crippen LogP contribution in [0.15, 0.2) is 12.1 Å². The van der Waals surface area contributed by atoms with E-state index in [0.29, 0.717) is 18.2 Å². The quantitative estimate of drug-likeness (QED) is 0.864. The Labute approximate surface area is 117 Å². The van der Waals surface area contributed by atoms with Crippen LogP contribution in [0.3, 0.4) is 0 Å². The van der Waals surface area contributed by atoms with Crippen molar-refractivity contribution < 1.29 is 5.11 Å². The lowest BCUT2D eigenvalue weighted by Gasteiger charge is -2.33. The molecule has 0 aromatic heterocycles. The molecule has 0 aliphatic heterocycles. The number of aryl methyl sites for hydroxylation is 1. The third kappa shape index (κ3) is 2.38. The molecule has 2 nitrogen and oxygen atoms in total. The maximum atomic E-state index is 10.7.